The van der Waals surface area contributed by atoms with Crippen LogP contribution < -0.4 is 15.4 Å². The van der Waals surface area contributed by atoms with Gasteiger partial charge in [0.05, 0.1) is 7.11 Å². The highest BCUT2D eigenvalue weighted by Gasteiger charge is 2.16. The number of hydrogen-bond acceptors (Lipinski definition) is 3. The zero-order valence-corrected chi connectivity index (χ0v) is 9.34. The van der Waals surface area contributed by atoms with Crippen molar-refractivity contribution in [1.82, 2.24) is 10.6 Å². The summed E-state index contributed by atoms with van der Waals surface area (Å²) in [6.07, 6.45) is 0. The normalized spacial score (nSPS) is 9.94. The van der Waals surface area contributed by atoms with Crippen molar-refractivity contribution in [3.8, 4) is 5.75 Å². The molecule has 0 aromatic heterocycles. The van der Waals surface area contributed by atoms with Crippen LogP contribution in [0, 0.1) is 5.82 Å². The molecule has 0 bridgehead atoms. The van der Waals surface area contributed by atoms with E-state index in [9.17, 15) is 9.18 Å². The molecule has 16 heavy (non-hydrogen) atoms. The molecule has 0 aliphatic rings. The van der Waals surface area contributed by atoms with Gasteiger partial charge in [-0.1, -0.05) is 6.07 Å². The zero-order chi connectivity index (χ0) is 12.0. The molecule has 0 unspecified atom stereocenters. The predicted molar refractivity (Wildman–Crippen MR) is 59.2 cm³/mol. The van der Waals surface area contributed by atoms with Gasteiger partial charge >= 0.3 is 0 Å². The fourth-order valence-electron chi connectivity index (χ4n) is 1.28. The van der Waals surface area contributed by atoms with E-state index in [4.69, 9.17) is 4.74 Å². The molecule has 1 amide bonds. The number of methoxy groups -OCH3 is 1. The van der Waals surface area contributed by atoms with Gasteiger partial charge in [-0.25, -0.2) is 4.39 Å². The number of halogens is 1. The molecule has 0 saturated carbocycles. The Morgan fingerprint density at radius 3 is 2.81 bits per heavy atom. The first-order valence-electron chi connectivity index (χ1n) is 4.96. The van der Waals surface area contributed by atoms with Crippen molar-refractivity contribution >= 4 is 5.91 Å². The van der Waals surface area contributed by atoms with Gasteiger partial charge in [0.15, 0.2) is 0 Å². The largest absolute Gasteiger partial charge is 0.496 e. The van der Waals surface area contributed by atoms with Crippen LogP contribution in [-0.2, 0) is 0 Å². The number of hydrogen-bond donors (Lipinski definition) is 2. The third kappa shape index (κ3) is 2.93. The van der Waals surface area contributed by atoms with Crippen LogP contribution in [0.5, 0.6) is 5.75 Å². The Morgan fingerprint density at radius 2 is 2.19 bits per heavy atom. The Morgan fingerprint density at radius 1 is 1.44 bits per heavy atom. The number of ether oxygens (including phenoxy) is 1. The molecule has 0 aliphatic carbocycles. The Bertz CT molecular complexity index is 369. The van der Waals surface area contributed by atoms with Crippen molar-refractivity contribution in [2.75, 3.05) is 27.2 Å². The summed E-state index contributed by atoms with van der Waals surface area (Å²) in [7, 11) is 3.18. The SMILES string of the molecule is CNCCNC(=O)c1c(F)cccc1OC. The van der Waals surface area contributed by atoms with Gasteiger partial charge in [0.25, 0.3) is 5.91 Å². The fraction of sp³-hybridized carbons (Fsp3) is 0.364. The van der Waals surface area contributed by atoms with Gasteiger partial charge in [-0.15, -0.1) is 0 Å². The highest BCUT2D eigenvalue weighted by atomic mass is 19.1. The zero-order valence-electron chi connectivity index (χ0n) is 9.34. The highest BCUT2D eigenvalue weighted by molar-refractivity contribution is 5.97. The fourth-order valence-corrected chi connectivity index (χ4v) is 1.28. The van der Waals surface area contributed by atoms with Gasteiger partial charge < -0.3 is 15.4 Å². The molecule has 0 atom stereocenters. The Hall–Kier alpha value is -1.62. The first-order chi connectivity index (χ1) is 7.70. The average molecular weight is 226 g/mol. The predicted octanol–water partition coefficient (Wildman–Crippen LogP) is 0.783. The van der Waals surface area contributed by atoms with E-state index in [1.807, 2.05) is 0 Å². The molecule has 1 rings (SSSR count). The topological polar surface area (TPSA) is 50.4 Å². The summed E-state index contributed by atoms with van der Waals surface area (Å²) in [5.41, 5.74) is -0.0545. The second-order valence-corrected chi connectivity index (χ2v) is 3.18. The summed E-state index contributed by atoms with van der Waals surface area (Å²) in [4.78, 5) is 11.7. The van der Waals surface area contributed by atoms with Crippen LogP contribution in [0.25, 0.3) is 0 Å². The summed E-state index contributed by atoms with van der Waals surface area (Å²) < 4.78 is 18.4. The average Bonchev–Trinajstić information content (AvgIpc) is 2.28. The third-order valence-electron chi connectivity index (χ3n) is 2.08. The Kier molecular flexibility index (Phi) is 4.72. The van der Waals surface area contributed by atoms with E-state index in [-0.39, 0.29) is 11.3 Å². The van der Waals surface area contributed by atoms with E-state index in [2.05, 4.69) is 10.6 Å². The Labute approximate surface area is 93.8 Å². The molecule has 0 saturated heterocycles. The van der Waals surface area contributed by atoms with Gasteiger partial charge in [0, 0.05) is 13.1 Å². The van der Waals surface area contributed by atoms with Crippen LogP contribution >= 0.6 is 0 Å². The first kappa shape index (κ1) is 12.4. The molecule has 5 heteroatoms. The molecule has 1 aromatic carbocycles. The van der Waals surface area contributed by atoms with Gasteiger partial charge in [0.1, 0.15) is 17.1 Å². The number of amides is 1. The minimum atomic E-state index is -0.582. The lowest BCUT2D eigenvalue weighted by atomic mass is 10.1. The maximum Gasteiger partial charge on any atom is 0.258 e. The number of carbonyl (C=O) groups excluding carboxylic acids is 1. The summed E-state index contributed by atoms with van der Waals surface area (Å²) in [6, 6.07) is 4.28. The van der Waals surface area contributed by atoms with E-state index >= 15 is 0 Å². The monoisotopic (exact) mass is 226 g/mol. The van der Waals surface area contributed by atoms with Gasteiger partial charge in [-0.3, -0.25) is 4.79 Å². The quantitative estimate of drug-likeness (QED) is 0.730. The first-order valence-corrected chi connectivity index (χ1v) is 4.96. The third-order valence-corrected chi connectivity index (χ3v) is 2.08. The van der Waals surface area contributed by atoms with Gasteiger partial charge in [-0.05, 0) is 19.2 Å². The summed E-state index contributed by atoms with van der Waals surface area (Å²) in [5.74, 6) is -0.812. The number of likely N-dealkylation sites (N-methyl/N-ethyl adjacent to an activating group) is 1. The molecule has 1 aromatic rings. The molecular formula is C11H15FN2O2. The maximum absolute atomic E-state index is 13.4. The van der Waals surface area contributed by atoms with E-state index in [0.29, 0.717) is 13.1 Å². The van der Waals surface area contributed by atoms with Crippen molar-refractivity contribution in [2.45, 2.75) is 0 Å². The van der Waals surface area contributed by atoms with Gasteiger partial charge in [-0.2, -0.15) is 0 Å². The lowest BCUT2D eigenvalue weighted by molar-refractivity contribution is 0.0947. The number of carbonyl (C=O) groups is 1. The number of rotatable bonds is 5. The van der Waals surface area contributed by atoms with Crippen molar-refractivity contribution in [3.05, 3.63) is 29.6 Å². The lowest BCUT2D eigenvalue weighted by Gasteiger charge is -2.09. The van der Waals surface area contributed by atoms with E-state index in [0.717, 1.165) is 0 Å². The summed E-state index contributed by atoms with van der Waals surface area (Å²) in [6.45, 7) is 1.06. The molecule has 0 spiro atoms. The molecule has 4 nitrogen and oxygen atoms in total. The molecule has 2 N–H and O–H groups in total. The molecule has 88 valence electrons. The summed E-state index contributed by atoms with van der Waals surface area (Å²) in [5, 5.41) is 5.47. The van der Waals surface area contributed by atoms with Crippen LogP contribution in [0.3, 0.4) is 0 Å². The van der Waals surface area contributed by atoms with Crippen LogP contribution in [0.4, 0.5) is 4.39 Å². The van der Waals surface area contributed by atoms with Crippen LogP contribution in [-0.4, -0.2) is 33.2 Å². The smallest absolute Gasteiger partial charge is 0.258 e. The van der Waals surface area contributed by atoms with Crippen molar-refractivity contribution in [2.24, 2.45) is 0 Å². The molecule has 0 radical (unpaired) electrons. The summed E-state index contributed by atoms with van der Waals surface area (Å²) >= 11 is 0. The Balaban J connectivity index is 2.81. The van der Waals surface area contributed by atoms with Crippen LogP contribution in [0.15, 0.2) is 18.2 Å². The lowest BCUT2D eigenvalue weighted by Crippen LogP contribution is -2.31. The standard InChI is InChI=1S/C11H15FN2O2/c1-13-6-7-14-11(15)10-8(12)4-3-5-9(10)16-2/h3-5,13H,6-7H2,1-2H3,(H,14,15). The van der Waals surface area contributed by atoms with E-state index < -0.39 is 11.7 Å². The number of benzene rings is 1. The molecule has 0 fully saturated rings. The number of nitrogens with one attached hydrogen (secondary N) is 2. The van der Waals surface area contributed by atoms with E-state index in [1.54, 1.807) is 13.1 Å². The van der Waals surface area contributed by atoms with Crippen molar-refractivity contribution in [3.63, 3.8) is 0 Å². The second kappa shape index (κ2) is 6.07. The van der Waals surface area contributed by atoms with Gasteiger partial charge in [0.2, 0.25) is 0 Å². The van der Waals surface area contributed by atoms with Crippen molar-refractivity contribution < 1.29 is 13.9 Å². The van der Waals surface area contributed by atoms with E-state index in [1.165, 1.54) is 19.2 Å². The van der Waals surface area contributed by atoms with Crippen LogP contribution in [0.1, 0.15) is 10.4 Å². The maximum atomic E-state index is 13.4. The molecular weight excluding hydrogens is 211 g/mol. The molecule has 0 aliphatic heterocycles. The molecule has 0 heterocycles. The highest BCUT2D eigenvalue weighted by Crippen LogP contribution is 2.20. The van der Waals surface area contributed by atoms with Crippen LogP contribution in [0.2, 0.25) is 0 Å². The second-order valence-electron chi connectivity index (χ2n) is 3.18. The van der Waals surface area contributed by atoms with Crippen molar-refractivity contribution in [1.29, 1.82) is 0 Å². The minimum Gasteiger partial charge on any atom is -0.496 e. The minimum absolute atomic E-state index is 0.0545.